The number of nitrogens with zero attached hydrogens (tertiary/aromatic N) is 1. The van der Waals surface area contributed by atoms with Gasteiger partial charge in [0, 0.05) is 34.3 Å². The molecule has 1 unspecified atom stereocenters. The molecule has 0 fully saturated rings. The normalized spacial score (nSPS) is 22.9. The quantitative estimate of drug-likeness (QED) is 0.521. The number of carbonyl (C=O) groups excluding carboxylic acids is 2. The second-order valence-electron chi connectivity index (χ2n) is 8.34. The van der Waals surface area contributed by atoms with Crippen molar-refractivity contribution < 1.29 is 18.7 Å². The Balaban J connectivity index is 1.79. The van der Waals surface area contributed by atoms with Gasteiger partial charge in [0.05, 0.1) is 6.61 Å². The Kier molecular flexibility index (Phi) is 6.56. The highest BCUT2D eigenvalue weighted by Gasteiger charge is 2.45. The van der Waals surface area contributed by atoms with E-state index in [0.29, 0.717) is 40.4 Å². The molecule has 32 heavy (non-hydrogen) atoms. The number of Topliss-reactive ketones (excluding diaryl/α,β-unsaturated/α-hetero) is 1. The molecule has 0 aromatic heterocycles. The number of ketones is 1. The van der Waals surface area contributed by atoms with Crippen LogP contribution in [0.2, 0.25) is 5.02 Å². The van der Waals surface area contributed by atoms with Gasteiger partial charge in [-0.25, -0.2) is 4.39 Å². The Morgan fingerprint density at radius 2 is 1.88 bits per heavy atom. The molecule has 3 atom stereocenters. The van der Waals surface area contributed by atoms with Crippen LogP contribution in [-0.4, -0.2) is 24.1 Å². The maximum absolute atomic E-state index is 14.9. The number of halogens is 2. The van der Waals surface area contributed by atoms with E-state index in [1.54, 1.807) is 25.1 Å². The third-order valence-corrected chi connectivity index (χ3v) is 6.42. The summed E-state index contributed by atoms with van der Waals surface area (Å²) in [6.07, 6.45) is 1.49. The monoisotopic (exact) mass is 453 g/mol. The first-order valence-electron chi connectivity index (χ1n) is 10.9. The number of hydrogen-bond donors (Lipinski definition) is 0. The number of aliphatic imine (C=N–C) groups is 1. The molecule has 4 rings (SSSR count). The lowest BCUT2D eigenvalue weighted by Crippen LogP contribution is -2.38. The van der Waals surface area contributed by atoms with Crippen LogP contribution in [0.4, 0.5) is 4.39 Å². The van der Waals surface area contributed by atoms with Crippen molar-refractivity contribution in [3.8, 4) is 0 Å². The zero-order valence-corrected chi connectivity index (χ0v) is 18.9. The minimum Gasteiger partial charge on any atom is -0.465 e. The molecular weight excluding hydrogens is 429 g/mol. The van der Waals surface area contributed by atoms with Crippen LogP contribution < -0.4 is 0 Å². The molecule has 2 aromatic rings. The SMILES string of the molecule is CCCOC(=O)C1C(C)=NC2=C(C(=O)C[C@@H](c3ccc(Cl)cc3)C2)[C@H]1c1ccccc1F. The van der Waals surface area contributed by atoms with E-state index in [0.717, 1.165) is 5.56 Å². The molecule has 2 aromatic carbocycles. The second kappa shape index (κ2) is 9.37. The van der Waals surface area contributed by atoms with E-state index in [1.807, 2.05) is 31.2 Å². The van der Waals surface area contributed by atoms with Gasteiger partial charge in [0.1, 0.15) is 11.7 Å². The number of carbonyl (C=O) groups is 2. The van der Waals surface area contributed by atoms with Gasteiger partial charge in [-0.2, -0.15) is 0 Å². The van der Waals surface area contributed by atoms with Crippen LogP contribution in [0.25, 0.3) is 0 Å². The third kappa shape index (κ3) is 4.26. The Bertz CT molecular complexity index is 1110. The molecule has 0 saturated heterocycles. The molecule has 2 aliphatic rings. The van der Waals surface area contributed by atoms with Crippen LogP contribution in [0, 0.1) is 11.7 Å². The highest BCUT2D eigenvalue weighted by molar-refractivity contribution is 6.30. The number of benzene rings is 2. The van der Waals surface area contributed by atoms with E-state index in [2.05, 4.69) is 0 Å². The van der Waals surface area contributed by atoms with E-state index in [4.69, 9.17) is 21.3 Å². The van der Waals surface area contributed by atoms with Crippen molar-refractivity contribution in [1.29, 1.82) is 0 Å². The van der Waals surface area contributed by atoms with Crippen LogP contribution >= 0.6 is 11.6 Å². The van der Waals surface area contributed by atoms with Crippen LogP contribution in [-0.2, 0) is 14.3 Å². The number of allylic oxidation sites excluding steroid dienone is 2. The van der Waals surface area contributed by atoms with Crippen molar-refractivity contribution >= 4 is 29.1 Å². The summed E-state index contributed by atoms with van der Waals surface area (Å²) in [5.41, 5.74) is 2.94. The smallest absolute Gasteiger partial charge is 0.315 e. The van der Waals surface area contributed by atoms with E-state index in [1.165, 1.54) is 6.07 Å². The van der Waals surface area contributed by atoms with Gasteiger partial charge >= 0.3 is 5.97 Å². The van der Waals surface area contributed by atoms with E-state index in [-0.39, 0.29) is 24.7 Å². The average molecular weight is 454 g/mol. The first kappa shape index (κ1) is 22.4. The third-order valence-electron chi connectivity index (χ3n) is 6.17. The minimum absolute atomic E-state index is 0.0417. The Morgan fingerprint density at radius 3 is 2.56 bits per heavy atom. The molecule has 6 heteroatoms. The first-order chi connectivity index (χ1) is 15.4. The fourth-order valence-electron chi connectivity index (χ4n) is 4.69. The van der Waals surface area contributed by atoms with Crippen molar-refractivity contribution in [3.05, 3.63) is 81.8 Å². The fourth-order valence-corrected chi connectivity index (χ4v) is 4.82. The number of rotatable bonds is 5. The summed E-state index contributed by atoms with van der Waals surface area (Å²) in [6.45, 7) is 3.93. The maximum atomic E-state index is 14.9. The van der Waals surface area contributed by atoms with Crippen molar-refractivity contribution in [2.45, 2.75) is 44.9 Å². The number of hydrogen-bond acceptors (Lipinski definition) is 4. The van der Waals surface area contributed by atoms with Gasteiger partial charge in [-0.1, -0.05) is 48.9 Å². The second-order valence-corrected chi connectivity index (χ2v) is 8.77. The van der Waals surface area contributed by atoms with E-state index >= 15 is 0 Å². The van der Waals surface area contributed by atoms with Crippen molar-refractivity contribution in [1.82, 2.24) is 0 Å². The molecular formula is C26H25ClFNO3. The van der Waals surface area contributed by atoms with Gasteiger partial charge in [0.2, 0.25) is 0 Å². The van der Waals surface area contributed by atoms with Crippen LogP contribution in [0.1, 0.15) is 56.1 Å². The highest BCUT2D eigenvalue weighted by Crippen LogP contribution is 2.47. The lowest BCUT2D eigenvalue weighted by atomic mass is 9.69. The molecule has 0 radical (unpaired) electrons. The zero-order valence-electron chi connectivity index (χ0n) is 18.1. The summed E-state index contributed by atoms with van der Waals surface area (Å²) in [6, 6.07) is 13.8. The molecule has 1 aliphatic heterocycles. The van der Waals surface area contributed by atoms with Crippen molar-refractivity contribution in [2.24, 2.45) is 10.9 Å². The van der Waals surface area contributed by atoms with Gasteiger partial charge in [-0.15, -0.1) is 0 Å². The molecule has 0 saturated carbocycles. The largest absolute Gasteiger partial charge is 0.465 e. The molecule has 4 nitrogen and oxygen atoms in total. The van der Waals surface area contributed by atoms with Gasteiger partial charge in [0.15, 0.2) is 5.78 Å². The summed E-state index contributed by atoms with van der Waals surface area (Å²) in [5, 5.41) is 0.635. The predicted octanol–water partition coefficient (Wildman–Crippen LogP) is 6.01. The molecule has 0 N–H and O–H groups in total. The van der Waals surface area contributed by atoms with Gasteiger partial charge in [0.25, 0.3) is 0 Å². The van der Waals surface area contributed by atoms with Crippen molar-refractivity contribution in [3.63, 3.8) is 0 Å². The Hall–Kier alpha value is -2.79. The molecule has 0 amide bonds. The Morgan fingerprint density at radius 1 is 1.16 bits per heavy atom. The molecule has 1 heterocycles. The maximum Gasteiger partial charge on any atom is 0.315 e. The lowest BCUT2D eigenvalue weighted by Gasteiger charge is -2.36. The van der Waals surface area contributed by atoms with Crippen LogP contribution in [0.3, 0.4) is 0 Å². The zero-order chi connectivity index (χ0) is 22.8. The predicted molar refractivity (Wildman–Crippen MR) is 122 cm³/mol. The first-order valence-corrected chi connectivity index (χ1v) is 11.3. The van der Waals surface area contributed by atoms with E-state index in [9.17, 15) is 14.0 Å². The molecule has 0 spiro atoms. The molecule has 1 aliphatic carbocycles. The topological polar surface area (TPSA) is 55.7 Å². The Labute approximate surface area is 192 Å². The summed E-state index contributed by atoms with van der Waals surface area (Å²) in [4.78, 5) is 31.1. The van der Waals surface area contributed by atoms with Gasteiger partial charge in [-0.05, 0) is 55.0 Å². The van der Waals surface area contributed by atoms with E-state index < -0.39 is 23.6 Å². The molecule has 166 valence electrons. The molecule has 0 bridgehead atoms. The highest BCUT2D eigenvalue weighted by atomic mass is 35.5. The number of esters is 1. The number of ether oxygens (including phenoxy) is 1. The lowest BCUT2D eigenvalue weighted by molar-refractivity contribution is -0.146. The van der Waals surface area contributed by atoms with Crippen LogP contribution in [0.5, 0.6) is 0 Å². The minimum atomic E-state index is -0.826. The fraction of sp³-hybridized carbons (Fsp3) is 0.346. The van der Waals surface area contributed by atoms with Crippen molar-refractivity contribution in [2.75, 3.05) is 6.61 Å². The summed E-state index contributed by atoms with van der Waals surface area (Å²) >= 11 is 6.02. The van der Waals surface area contributed by atoms with Gasteiger partial charge < -0.3 is 4.74 Å². The summed E-state index contributed by atoms with van der Waals surface area (Å²) in [5.74, 6) is -2.63. The summed E-state index contributed by atoms with van der Waals surface area (Å²) in [7, 11) is 0. The standard InChI is InChI=1S/C26H25ClFNO3/c1-3-12-32-26(31)23-15(2)29-21-13-17(16-8-10-18(27)11-9-16)14-22(30)25(21)24(23)19-6-4-5-7-20(19)28/h4-11,17,23-24H,3,12-14H2,1-2H3/t17-,23?,24-/m0/s1. The average Bonchev–Trinajstić information content (AvgIpc) is 2.77. The summed E-state index contributed by atoms with van der Waals surface area (Å²) < 4.78 is 20.3. The van der Waals surface area contributed by atoms with Gasteiger partial charge in [-0.3, -0.25) is 14.6 Å². The van der Waals surface area contributed by atoms with Crippen LogP contribution in [0.15, 0.2) is 64.8 Å².